The molecule has 0 saturated carbocycles. The van der Waals surface area contributed by atoms with Gasteiger partial charge in [-0.05, 0) is 31.0 Å². The minimum Gasteiger partial charge on any atom is -0.493 e. The number of benzene rings is 1. The third-order valence-corrected chi connectivity index (χ3v) is 2.16. The summed E-state index contributed by atoms with van der Waals surface area (Å²) in [6.07, 6.45) is 2.54. The smallest absolute Gasteiger partial charge is 0.338 e. The van der Waals surface area contributed by atoms with Gasteiger partial charge in [0.2, 0.25) is 0 Å². The summed E-state index contributed by atoms with van der Waals surface area (Å²) >= 11 is 0. The van der Waals surface area contributed by atoms with Gasteiger partial charge in [-0.1, -0.05) is 18.7 Å². The van der Waals surface area contributed by atoms with Crippen molar-refractivity contribution in [2.45, 2.75) is 13.3 Å². The van der Waals surface area contributed by atoms with Gasteiger partial charge < -0.3 is 9.47 Å². The second-order valence-electron chi connectivity index (χ2n) is 3.65. The number of ether oxygens (including phenoxy) is 2. The lowest BCUT2D eigenvalue weighted by Gasteiger charge is -2.10. The highest BCUT2D eigenvalue weighted by atomic mass is 16.6. The normalized spacial score (nSPS) is 9.53. The number of carbonyl (C=O) groups excluding carboxylic acids is 1. The topological polar surface area (TPSA) is 35.5 Å². The highest BCUT2D eigenvalue weighted by Crippen LogP contribution is 2.28. The maximum atomic E-state index is 11.4. The van der Waals surface area contributed by atoms with Gasteiger partial charge in [-0.15, -0.1) is 6.58 Å². The number of hydrogen-bond donors (Lipinski definition) is 0. The van der Waals surface area contributed by atoms with Gasteiger partial charge in [-0.25, -0.2) is 4.79 Å². The maximum Gasteiger partial charge on any atom is 0.338 e. The molecule has 0 unspecified atom stereocenters. The van der Waals surface area contributed by atoms with Crippen molar-refractivity contribution in [2.75, 3.05) is 7.11 Å². The summed E-state index contributed by atoms with van der Waals surface area (Å²) in [5.41, 5.74) is 1.40. The van der Waals surface area contributed by atoms with Crippen LogP contribution in [0.4, 0.5) is 0 Å². The minimum absolute atomic E-state index is 0.349. The zero-order chi connectivity index (χ0) is 12.8. The fraction of sp³-hybridized carbons (Fsp3) is 0.214. The van der Waals surface area contributed by atoms with Crippen LogP contribution < -0.4 is 9.47 Å². The van der Waals surface area contributed by atoms with Gasteiger partial charge in [-0.3, -0.25) is 0 Å². The summed E-state index contributed by atoms with van der Waals surface area (Å²) in [7, 11) is 1.53. The van der Waals surface area contributed by atoms with E-state index in [4.69, 9.17) is 9.47 Å². The lowest BCUT2D eigenvalue weighted by atomic mass is 10.1. The van der Waals surface area contributed by atoms with Gasteiger partial charge in [0.25, 0.3) is 0 Å². The first kappa shape index (κ1) is 13.0. The molecule has 1 rings (SSSR count). The molecule has 3 nitrogen and oxygen atoms in total. The lowest BCUT2D eigenvalue weighted by molar-refractivity contribution is -0.130. The first-order chi connectivity index (χ1) is 8.08. The predicted molar refractivity (Wildman–Crippen MR) is 67.3 cm³/mol. The van der Waals surface area contributed by atoms with Gasteiger partial charge in [0.15, 0.2) is 11.5 Å². The zero-order valence-electron chi connectivity index (χ0n) is 10.2. The fourth-order valence-electron chi connectivity index (χ4n) is 1.28. The molecule has 0 amide bonds. The van der Waals surface area contributed by atoms with Crippen molar-refractivity contribution in [1.29, 1.82) is 0 Å². The van der Waals surface area contributed by atoms with Crippen molar-refractivity contribution in [3.8, 4) is 11.5 Å². The van der Waals surface area contributed by atoms with E-state index in [1.807, 2.05) is 12.1 Å². The van der Waals surface area contributed by atoms with Crippen molar-refractivity contribution in [3.63, 3.8) is 0 Å². The Morgan fingerprint density at radius 1 is 1.41 bits per heavy atom. The van der Waals surface area contributed by atoms with E-state index in [0.717, 1.165) is 12.0 Å². The molecule has 0 bridgehead atoms. The standard InChI is InChI=1S/C14H16O3/c1-5-6-11-7-8-12(13(9-11)16-4)17-14(15)10(2)3/h5,7-9H,1-2,6H2,3-4H3. The molecule has 0 aliphatic rings. The van der Waals surface area contributed by atoms with E-state index in [0.29, 0.717) is 17.1 Å². The second kappa shape index (κ2) is 5.89. The number of carbonyl (C=O) groups is 1. The molecule has 0 atom stereocenters. The molecule has 90 valence electrons. The molecule has 0 saturated heterocycles. The number of hydrogen-bond acceptors (Lipinski definition) is 3. The number of rotatable bonds is 5. The largest absolute Gasteiger partial charge is 0.493 e. The summed E-state index contributed by atoms with van der Waals surface area (Å²) < 4.78 is 10.3. The molecule has 0 spiro atoms. The zero-order valence-corrected chi connectivity index (χ0v) is 10.2. The SMILES string of the molecule is C=CCc1ccc(OC(=O)C(=C)C)c(OC)c1. The van der Waals surface area contributed by atoms with Crippen LogP contribution in [0.2, 0.25) is 0 Å². The highest BCUT2D eigenvalue weighted by Gasteiger charge is 2.10. The van der Waals surface area contributed by atoms with Crippen LogP contribution in [0.5, 0.6) is 11.5 Å². The van der Waals surface area contributed by atoms with E-state index >= 15 is 0 Å². The number of esters is 1. The van der Waals surface area contributed by atoms with E-state index in [-0.39, 0.29) is 0 Å². The van der Waals surface area contributed by atoms with E-state index in [9.17, 15) is 4.79 Å². The first-order valence-electron chi connectivity index (χ1n) is 5.24. The molecule has 1 aromatic rings. The van der Waals surface area contributed by atoms with Crippen LogP contribution in [0.25, 0.3) is 0 Å². The van der Waals surface area contributed by atoms with Crippen molar-refractivity contribution >= 4 is 5.97 Å². The van der Waals surface area contributed by atoms with Crippen LogP contribution in [-0.2, 0) is 11.2 Å². The highest BCUT2D eigenvalue weighted by molar-refractivity contribution is 5.89. The van der Waals surface area contributed by atoms with Crippen LogP contribution in [0.15, 0.2) is 43.0 Å². The summed E-state index contributed by atoms with van der Waals surface area (Å²) in [6, 6.07) is 5.40. The third kappa shape index (κ3) is 3.48. The number of methoxy groups -OCH3 is 1. The lowest BCUT2D eigenvalue weighted by Crippen LogP contribution is -2.09. The van der Waals surface area contributed by atoms with Gasteiger partial charge >= 0.3 is 5.97 Å². The minimum atomic E-state index is -0.459. The molecule has 0 aromatic heterocycles. The van der Waals surface area contributed by atoms with Crippen LogP contribution >= 0.6 is 0 Å². The monoisotopic (exact) mass is 232 g/mol. The van der Waals surface area contributed by atoms with Crippen molar-refractivity contribution < 1.29 is 14.3 Å². The maximum absolute atomic E-state index is 11.4. The van der Waals surface area contributed by atoms with Crippen LogP contribution in [-0.4, -0.2) is 13.1 Å². The summed E-state index contributed by atoms with van der Waals surface area (Å²) in [4.78, 5) is 11.4. The summed E-state index contributed by atoms with van der Waals surface area (Å²) in [6.45, 7) is 8.79. The van der Waals surface area contributed by atoms with Crippen molar-refractivity contribution in [3.05, 3.63) is 48.6 Å². The molecular weight excluding hydrogens is 216 g/mol. The average molecular weight is 232 g/mol. The van der Waals surface area contributed by atoms with Crippen molar-refractivity contribution in [1.82, 2.24) is 0 Å². The number of allylic oxidation sites excluding steroid dienone is 1. The molecular formula is C14H16O3. The summed E-state index contributed by atoms with van der Waals surface area (Å²) in [5, 5.41) is 0. The van der Waals surface area contributed by atoms with Gasteiger partial charge in [0, 0.05) is 5.57 Å². The Morgan fingerprint density at radius 2 is 2.12 bits per heavy atom. The van der Waals surface area contributed by atoms with E-state index in [2.05, 4.69) is 13.2 Å². The van der Waals surface area contributed by atoms with Crippen LogP contribution in [0.3, 0.4) is 0 Å². The Bertz CT molecular complexity index is 447. The second-order valence-corrected chi connectivity index (χ2v) is 3.65. The summed E-state index contributed by atoms with van der Waals surface area (Å²) in [5.74, 6) is 0.465. The predicted octanol–water partition coefficient (Wildman–Crippen LogP) is 2.91. The van der Waals surface area contributed by atoms with Gasteiger partial charge in [0.05, 0.1) is 7.11 Å². The Morgan fingerprint density at radius 3 is 2.65 bits per heavy atom. The van der Waals surface area contributed by atoms with Crippen LogP contribution in [0.1, 0.15) is 12.5 Å². The molecule has 0 N–H and O–H groups in total. The molecule has 0 radical (unpaired) electrons. The van der Waals surface area contributed by atoms with E-state index in [1.165, 1.54) is 7.11 Å². The Labute approximate surface area is 101 Å². The Balaban J connectivity index is 2.96. The van der Waals surface area contributed by atoms with Gasteiger partial charge in [0.1, 0.15) is 0 Å². The Hall–Kier alpha value is -2.03. The Kier molecular flexibility index (Phi) is 4.52. The average Bonchev–Trinajstić information content (AvgIpc) is 2.31. The molecule has 0 aliphatic carbocycles. The van der Waals surface area contributed by atoms with Crippen LogP contribution in [0, 0.1) is 0 Å². The molecule has 17 heavy (non-hydrogen) atoms. The molecule has 0 aliphatic heterocycles. The van der Waals surface area contributed by atoms with E-state index in [1.54, 1.807) is 19.1 Å². The third-order valence-electron chi connectivity index (χ3n) is 2.16. The van der Waals surface area contributed by atoms with E-state index < -0.39 is 5.97 Å². The molecule has 1 aromatic carbocycles. The van der Waals surface area contributed by atoms with Crippen molar-refractivity contribution in [2.24, 2.45) is 0 Å². The molecule has 3 heteroatoms. The molecule has 0 heterocycles. The quantitative estimate of drug-likeness (QED) is 0.339. The molecule has 0 fully saturated rings. The fourth-order valence-corrected chi connectivity index (χ4v) is 1.28. The van der Waals surface area contributed by atoms with Gasteiger partial charge in [-0.2, -0.15) is 0 Å². The first-order valence-corrected chi connectivity index (χ1v) is 5.24.